The number of esters is 1. The molecular formula is C25H31NO5. The van der Waals surface area contributed by atoms with E-state index >= 15 is 0 Å². The van der Waals surface area contributed by atoms with Gasteiger partial charge in [-0.1, -0.05) is 6.42 Å². The number of carbonyl (C=O) groups excluding carboxylic acids is 2. The first-order valence-corrected chi connectivity index (χ1v) is 11.2. The van der Waals surface area contributed by atoms with Crippen LogP contribution in [0.15, 0.2) is 40.7 Å². The molecule has 0 amide bonds. The Morgan fingerprint density at radius 2 is 1.81 bits per heavy atom. The Hall–Kier alpha value is -2.76. The highest BCUT2D eigenvalue weighted by molar-refractivity contribution is 6.04. The Labute approximate surface area is 183 Å². The summed E-state index contributed by atoms with van der Waals surface area (Å²) in [5.74, 6) is 0.451. The molecule has 6 nitrogen and oxygen atoms in total. The Kier molecular flexibility index (Phi) is 6.35. The summed E-state index contributed by atoms with van der Waals surface area (Å²) >= 11 is 0. The van der Waals surface area contributed by atoms with E-state index in [2.05, 4.69) is 5.32 Å². The van der Waals surface area contributed by atoms with Gasteiger partial charge in [0.2, 0.25) is 0 Å². The maximum absolute atomic E-state index is 13.5. The Bertz CT molecular complexity index is 939. The van der Waals surface area contributed by atoms with Crippen molar-refractivity contribution < 1.29 is 23.8 Å². The number of hydrogen-bond acceptors (Lipinski definition) is 6. The SMILES string of the molecule is COc1ccc(OC)c([C@H]2C(C(=O)OC3CCCCC3)=C(C)NC3=C2C(=O)CCC3)c1. The van der Waals surface area contributed by atoms with Crippen LogP contribution in [0.4, 0.5) is 0 Å². The van der Waals surface area contributed by atoms with Crippen LogP contribution in [0.5, 0.6) is 11.5 Å². The zero-order chi connectivity index (χ0) is 22.0. The van der Waals surface area contributed by atoms with Gasteiger partial charge in [-0.3, -0.25) is 4.79 Å². The molecule has 0 aromatic heterocycles. The average Bonchev–Trinajstić information content (AvgIpc) is 2.78. The van der Waals surface area contributed by atoms with Gasteiger partial charge < -0.3 is 19.5 Å². The first-order valence-electron chi connectivity index (χ1n) is 11.2. The number of rotatable bonds is 5. The van der Waals surface area contributed by atoms with Crippen LogP contribution >= 0.6 is 0 Å². The summed E-state index contributed by atoms with van der Waals surface area (Å²) in [6.45, 7) is 1.89. The third-order valence-corrected chi connectivity index (χ3v) is 6.57. The van der Waals surface area contributed by atoms with E-state index in [4.69, 9.17) is 14.2 Å². The molecule has 31 heavy (non-hydrogen) atoms. The van der Waals surface area contributed by atoms with E-state index in [1.807, 2.05) is 25.1 Å². The Balaban J connectivity index is 1.81. The second-order valence-electron chi connectivity index (χ2n) is 8.54. The monoisotopic (exact) mass is 425 g/mol. The van der Waals surface area contributed by atoms with Crippen molar-refractivity contribution in [3.63, 3.8) is 0 Å². The van der Waals surface area contributed by atoms with E-state index in [0.717, 1.165) is 55.5 Å². The quantitative estimate of drug-likeness (QED) is 0.698. The van der Waals surface area contributed by atoms with Crippen LogP contribution in [0.1, 0.15) is 69.8 Å². The number of hydrogen-bond donors (Lipinski definition) is 1. The molecular weight excluding hydrogens is 394 g/mol. The summed E-state index contributed by atoms with van der Waals surface area (Å²) in [6, 6.07) is 5.50. The van der Waals surface area contributed by atoms with Crippen molar-refractivity contribution in [1.82, 2.24) is 5.32 Å². The minimum Gasteiger partial charge on any atom is -0.497 e. The highest BCUT2D eigenvalue weighted by Crippen LogP contribution is 2.46. The Morgan fingerprint density at radius 1 is 1.03 bits per heavy atom. The molecule has 1 N–H and O–H groups in total. The molecule has 2 aliphatic carbocycles. The molecule has 1 fully saturated rings. The highest BCUT2D eigenvalue weighted by atomic mass is 16.5. The molecule has 0 bridgehead atoms. The third kappa shape index (κ3) is 4.21. The van der Waals surface area contributed by atoms with E-state index in [1.54, 1.807) is 14.2 Å². The fourth-order valence-corrected chi connectivity index (χ4v) is 5.03. The van der Waals surface area contributed by atoms with Gasteiger partial charge in [0, 0.05) is 29.0 Å². The second kappa shape index (κ2) is 9.16. The fraction of sp³-hybridized carbons (Fsp3) is 0.520. The van der Waals surface area contributed by atoms with Gasteiger partial charge in [-0.05, 0) is 63.6 Å². The number of Topliss-reactive ketones (excluding diaryl/α,β-unsaturated/α-hetero) is 1. The van der Waals surface area contributed by atoms with Crippen molar-refractivity contribution in [2.45, 2.75) is 70.3 Å². The van der Waals surface area contributed by atoms with Crippen LogP contribution in [0.25, 0.3) is 0 Å². The van der Waals surface area contributed by atoms with Gasteiger partial charge >= 0.3 is 5.97 Å². The van der Waals surface area contributed by atoms with Crippen molar-refractivity contribution in [2.24, 2.45) is 0 Å². The molecule has 0 saturated heterocycles. The van der Waals surface area contributed by atoms with Crippen LogP contribution < -0.4 is 14.8 Å². The number of dihydropyridines is 1. The summed E-state index contributed by atoms with van der Waals surface area (Å²) in [5.41, 5.74) is 3.54. The van der Waals surface area contributed by atoms with E-state index in [-0.39, 0.29) is 17.9 Å². The number of carbonyl (C=O) groups is 2. The van der Waals surface area contributed by atoms with Gasteiger partial charge in [-0.2, -0.15) is 0 Å². The lowest BCUT2D eigenvalue weighted by Crippen LogP contribution is -2.35. The first kappa shape index (κ1) is 21.5. The van der Waals surface area contributed by atoms with Crippen LogP contribution in [0.2, 0.25) is 0 Å². The van der Waals surface area contributed by atoms with Crippen LogP contribution in [0.3, 0.4) is 0 Å². The summed E-state index contributed by atoms with van der Waals surface area (Å²) in [6.07, 6.45) is 7.14. The molecule has 3 aliphatic rings. The van der Waals surface area contributed by atoms with Gasteiger partial charge in [0.1, 0.15) is 17.6 Å². The molecule has 1 heterocycles. The Morgan fingerprint density at radius 3 is 2.52 bits per heavy atom. The van der Waals surface area contributed by atoms with Crippen molar-refractivity contribution in [3.8, 4) is 11.5 Å². The molecule has 1 aliphatic heterocycles. The molecule has 1 aromatic rings. The summed E-state index contributed by atoms with van der Waals surface area (Å²) in [4.78, 5) is 26.6. The largest absolute Gasteiger partial charge is 0.497 e. The van der Waals surface area contributed by atoms with Crippen molar-refractivity contribution >= 4 is 11.8 Å². The minimum atomic E-state index is -0.537. The molecule has 0 unspecified atom stereocenters. The molecule has 166 valence electrons. The fourth-order valence-electron chi connectivity index (χ4n) is 5.03. The minimum absolute atomic E-state index is 0.0631. The van der Waals surface area contributed by atoms with Gasteiger partial charge in [0.05, 0.1) is 25.7 Å². The van der Waals surface area contributed by atoms with Gasteiger partial charge in [0.25, 0.3) is 0 Å². The maximum atomic E-state index is 13.5. The molecule has 4 rings (SSSR count). The van der Waals surface area contributed by atoms with E-state index in [9.17, 15) is 9.59 Å². The zero-order valence-electron chi connectivity index (χ0n) is 18.6. The van der Waals surface area contributed by atoms with E-state index in [1.165, 1.54) is 6.42 Å². The van der Waals surface area contributed by atoms with Crippen molar-refractivity contribution in [1.29, 1.82) is 0 Å². The topological polar surface area (TPSA) is 73.9 Å². The van der Waals surface area contributed by atoms with Crippen molar-refractivity contribution in [2.75, 3.05) is 14.2 Å². The molecule has 1 saturated carbocycles. The standard InChI is InChI=1S/C25H31NO5/c1-15-22(25(28)31-16-8-5-4-6-9-16)23(24-19(26-15)10-7-11-20(24)27)18-14-17(29-2)12-13-21(18)30-3/h12-14,16,23,26H,4-11H2,1-3H3/t23-/m0/s1. The molecule has 1 atom stereocenters. The van der Waals surface area contributed by atoms with E-state index in [0.29, 0.717) is 29.1 Å². The smallest absolute Gasteiger partial charge is 0.337 e. The first-order chi connectivity index (χ1) is 15.0. The van der Waals surface area contributed by atoms with Crippen molar-refractivity contribution in [3.05, 3.63) is 46.3 Å². The predicted molar refractivity (Wildman–Crippen MR) is 117 cm³/mol. The lowest BCUT2D eigenvalue weighted by Gasteiger charge is -2.35. The van der Waals surface area contributed by atoms with Crippen LogP contribution in [-0.2, 0) is 14.3 Å². The summed E-state index contributed by atoms with van der Waals surface area (Å²) in [7, 11) is 3.20. The van der Waals surface area contributed by atoms with Gasteiger partial charge in [-0.25, -0.2) is 4.79 Å². The molecule has 1 aromatic carbocycles. The molecule has 0 spiro atoms. The number of methoxy groups -OCH3 is 2. The lowest BCUT2D eigenvalue weighted by atomic mass is 9.75. The zero-order valence-corrected chi connectivity index (χ0v) is 18.6. The van der Waals surface area contributed by atoms with Crippen LogP contribution in [-0.4, -0.2) is 32.1 Å². The average molecular weight is 426 g/mol. The second-order valence-corrected chi connectivity index (χ2v) is 8.54. The number of allylic oxidation sites excluding steroid dienone is 3. The summed E-state index contributed by atoms with van der Waals surface area (Å²) in [5, 5.41) is 3.35. The number of ketones is 1. The predicted octanol–water partition coefficient (Wildman–Crippen LogP) is 4.55. The van der Waals surface area contributed by atoms with E-state index < -0.39 is 5.92 Å². The number of nitrogens with one attached hydrogen (secondary N) is 1. The molecule has 6 heteroatoms. The maximum Gasteiger partial charge on any atom is 0.337 e. The highest BCUT2D eigenvalue weighted by Gasteiger charge is 2.41. The number of ether oxygens (including phenoxy) is 3. The third-order valence-electron chi connectivity index (χ3n) is 6.57. The lowest BCUT2D eigenvalue weighted by molar-refractivity contribution is -0.146. The van der Waals surface area contributed by atoms with Gasteiger partial charge in [-0.15, -0.1) is 0 Å². The normalized spacial score (nSPS) is 22.0. The van der Waals surface area contributed by atoms with Gasteiger partial charge in [0.15, 0.2) is 5.78 Å². The summed E-state index contributed by atoms with van der Waals surface area (Å²) < 4.78 is 17.0. The van der Waals surface area contributed by atoms with Crippen LogP contribution in [0, 0.1) is 0 Å². The molecule has 0 radical (unpaired) electrons. The number of benzene rings is 1.